The molecular formula is C12H10FN3O3. The number of nitrogens with one attached hydrogen (secondary N) is 3. The second-order valence-corrected chi connectivity index (χ2v) is 3.49. The van der Waals surface area contributed by atoms with Crippen LogP contribution in [0.2, 0.25) is 0 Å². The molecule has 0 fully saturated rings. The van der Waals surface area contributed by atoms with Crippen molar-refractivity contribution in [2.75, 3.05) is 5.32 Å². The van der Waals surface area contributed by atoms with E-state index >= 15 is 0 Å². The lowest BCUT2D eigenvalue weighted by Gasteiger charge is -2.08. The first-order valence-electron chi connectivity index (χ1n) is 5.32. The number of hydrogen-bond acceptors (Lipinski definition) is 3. The van der Waals surface area contributed by atoms with E-state index in [0.29, 0.717) is 0 Å². The molecule has 2 rings (SSSR count). The first-order chi connectivity index (χ1) is 9.16. The molecule has 1 heterocycles. The Labute approximate surface area is 107 Å². The van der Waals surface area contributed by atoms with Gasteiger partial charge in [0.1, 0.15) is 5.82 Å². The number of carbonyl (C=O) groups is 2. The number of benzene rings is 1. The third-order valence-corrected chi connectivity index (χ3v) is 2.16. The zero-order valence-corrected chi connectivity index (χ0v) is 9.64. The molecule has 0 bridgehead atoms. The third-order valence-electron chi connectivity index (χ3n) is 2.16. The van der Waals surface area contributed by atoms with E-state index in [0.717, 1.165) is 0 Å². The van der Waals surface area contributed by atoms with Crippen LogP contribution in [-0.4, -0.2) is 11.9 Å². The highest BCUT2D eigenvalue weighted by molar-refractivity contribution is 5.95. The fourth-order valence-corrected chi connectivity index (χ4v) is 1.30. The van der Waals surface area contributed by atoms with E-state index in [1.807, 2.05) is 0 Å². The fraction of sp³-hybridized carbons (Fsp3) is 0. The van der Waals surface area contributed by atoms with Crippen molar-refractivity contribution in [3.63, 3.8) is 0 Å². The SMILES string of the molecule is O=C(NNC(=O)c1ccco1)Nc1ccccc1F. The monoisotopic (exact) mass is 263 g/mol. The van der Waals surface area contributed by atoms with Crippen molar-refractivity contribution in [3.8, 4) is 0 Å². The second kappa shape index (κ2) is 5.67. The summed E-state index contributed by atoms with van der Waals surface area (Å²) in [5, 5.41) is 2.24. The van der Waals surface area contributed by atoms with Crippen LogP contribution >= 0.6 is 0 Å². The number of para-hydroxylation sites is 1. The first-order valence-corrected chi connectivity index (χ1v) is 5.32. The summed E-state index contributed by atoms with van der Waals surface area (Å²) in [7, 11) is 0. The molecule has 0 unspecified atom stereocenters. The van der Waals surface area contributed by atoms with Crippen molar-refractivity contribution < 1.29 is 18.4 Å². The molecule has 19 heavy (non-hydrogen) atoms. The molecule has 6 nitrogen and oxygen atoms in total. The second-order valence-electron chi connectivity index (χ2n) is 3.49. The van der Waals surface area contributed by atoms with Gasteiger partial charge in [0.2, 0.25) is 0 Å². The van der Waals surface area contributed by atoms with Crippen LogP contribution in [0.5, 0.6) is 0 Å². The van der Waals surface area contributed by atoms with Crippen LogP contribution in [0.25, 0.3) is 0 Å². The molecular weight excluding hydrogens is 253 g/mol. The van der Waals surface area contributed by atoms with Gasteiger partial charge in [0.25, 0.3) is 0 Å². The van der Waals surface area contributed by atoms with Crippen LogP contribution in [0.4, 0.5) is 14.9 Å². The average Bonchev–Trinajstić information content (AvgIpc) is 2.93. The number of hydrogen-bond donors (Lipinski definition) is 3. The largest absolute Gasteiger partial charge is 0.459 e. The van der Waals surface area contributed by atoms with Crippen molar-refractivity contribution in [1.82, 2.24) is 10.9 Å². The molecule has 0 atom stereocenters. The Balaban J connectivity index is 1.86. The molecule has 0 aliphatic rings. The van der Waals surface area contributed by atoms with Gasteiger partial charge in [-0.3, -0.25) is 10.2 Å². The Morgan fingerprint density at radius 1 is 1.05 bits per heavy atom. The molecule has 1 aromatic carbocycles. The van der Waals surface area contributed by atoms with Crippen LogP contribution in [0.15, 0.2) is 47.1 Å². The number of urea groups is 1. The number of furan rings is 1. The molecule has 0 saturated heterocycles. The van der Waals surface area contributed by atoms with Crippen molar-refractivity contribution in [2.45, 2.75) is 0 Å². The minimum absolute atomic E-state index is 0.00671. The van der Waals surface area contributed by atoms with Crippen molar-refractivity contribution >= 4 is 17.6 Å². The molecule has 7 heteroatoms. The van der Waals surface area contributed by atoms with Crippen LogP contribution in [-0.2, 0) is 0 Å². The van der Waals surface area contributed by atoms with Crippen LogP contribution in [0.3, 0.4) is 0 Å². The standard InChI is InChI=1S/C12H10FN3O3/c13-8-4-1-2-5-9(8)14-12(18)16-15-11(17)10-6-3-7-19-10/h1-7H,(H,15,17)(H2,14,16,18). The Hall–Kier alpha value is -2.83. The van der Waals surface area contributed by atoms with Gasteiger partial charge >= 0.3 is 11.9 Å². The van der Waals surface area contributed by atoms with Gasteiger partial charge in [0, 0.05) is 0 Å². The van der Waals surface area contributed by atoms with E-state index in [1.54, 1.807) is 6.07 Å². The van der Waals surface area contributed by atoms with Gasteiger partial charge in [-0.05, 0) is 24.3 Å². The molecule has 3 amide bonds. The summed E-state index contributed by atoms with van der Waals surface area (Å²) in [5.41, 5.74) is 4.18. The number of hydrazine groups is 1. The van der Waals surface area contributed by atoms with Crippen molar-refractivity contribution in [2.24, 2.45) is 0 Å². The Morgan fingerprint density at radius 3 is 2.53 bits per heavy atom. The van der Waals surface area contributed by atoms with E-state index < -0.39 is 17.8 Å². The summed E-state index contributed by atoms with van der Waals surface area (Å²) in [6.07, 6.45) is 1.33. The van der Waals surface area contributed by atoms with Gasteiger partial charge in [0.15, 0.2) is 5.76 Å². The van der Waals surface area contributed by atoms with E-state index in [9.17, 15) is 14.0 Å². The number of halogens is 1. The Bertz CT molecular complexity index is 584. The zero-order valence-electron chi connectivity index (χ0n) is 9.64. The lowest BCUT2D eigenvalue weighted by molar-refractivity contribution is 0.0910. The highest BCUT2D eigenvalue weighted by Gasteiger charge is 2.10. The van der Waals surface area contributed by atoms with Crippen LogP contribution < -0.4 is 16.2 Å². The number of anilines is 1. The fourth-order valence-electron chi connectivity index (χ4n) is 1.30. The van der Waals surface area contributed by atoms with E-state index in [2.05, 4.69) is 16.2 Å². The third kappa shape index (κ3) is 3.32. The van der Waals surface area contributed by atoms with E-state index in [-0.39, 0.29) is 11.4 Å². The maximum Gasteiger partial charge on any atom is 0.338 e. The first kappa shape index (κ1) is 12.6. The quantitative estimate of drug-likeness (QED) is 0.723. The Morgan fingerprint density at radius 2 is 1.84 bits per heavy atom. The van der Waals surface area contributed by atoms with E-state index in [4.69, 9.17) is 4.42 Å². The molecule has 2 aromatic rings. The van der Waals surface area contributed by atoms with Crippen molar-refractivity contribution in [1.29, 1.82) is 0 Å². The molecule has 0 aliphatic heterocycles. The highest BCUT2D eigenvalue weighted by atomic mass is 19.1. The predicted octanol–water partition coefficient (Wildman–Crippen LogP) is 1.89. The predicted molar refractivity (Wildman–Crippen MR) is 64.7 cm³/mol. The Kier molecular flexibility index (Phi) is 3.77. The van der Waals surface area contributed by atoms with Gasteiger partial charge in [-0.25, -0.2) is 14.6 Å². The van der Waals surface area contributed by atoms with E-state index in [1.165, 1.54) is 36.6 Å². The molecule has 98 valence electrons. The van der Waals surface area contributed by atoms with Gasteiger partial charge in [0.05, 0.1) is 12.0 Å². The molecule has 3 N–H and O–H groups in total. The number of rotatable bonds is 2. The maximum atomic E-state index is 13.2. The number of amides is 3. The lowest BCUT2D eigenvalue weighted by Crippen LogP contribution is -2.43. The summed E-state index contributed by atoms with van der Waals surface area (Å²) in [4.78, 5) is 22.8. The average molecular weight is 263 g/mol. The molecule has 1 aromatic heterocycles. The maximum absolute atomic E-state index is 13.2. The summed E-state index contributed by atoms with van der Waals surface area (Å²) in [6, 6.07) is 7.86. The molecule has 0 spiro atoms. The van der Waals surface area contributed by atoms with Gasteiger partial charge in [-0.15, -0.1) is 0 Å². The number of carbonyl (C=O) groups excluding carboxylic acids is 2. The lowest BCUT2D eigenvalue weighted by atomic mass is 10.3. The zero-order chi connectivity index (χ0) is 13.7. The van der Waals surface area contributed by atoms with Gasteiger partial charge in [-0.2, -0.15) is 0 Å². The summed E-state index contributed by atoms with van der Waals surface area (Å²) in [6.45, 7) is 0. The smallest absolute Gasteiger partial charge is 0.338 e. The minimum Gasteiger partial charge on any atom is -0.459 e. The van der Waals surface area contributed by atoms with Crippen molar-refractivity contribution in [3.05, 3.63) is 54.2 Å². The topological polar surface area (TPSA) is 83.4 Å². The van der Waals surface area contributed by atoms with Gasteiger partial charge < -0.3 is 9.73 Å². The molecule has 0 saturated carbocycles. The minimum atomic E-state index is -0.773. The molecule has 0 radical (unpaired) electrons. The summed E-state index contributed by atoms with van der Waals surface area (Å²) < 4.78 is 18.0. The van der Waals surface area contributed by atoms with Crippen LogP contribution in [0, 0.1) is 5.82 Å². The summed E-state index contributed by atoms with van der Waals surface area (Å²) >= 11 is 0. The molecule has 0 aliphatic carbocycles. The van der Waals surface area contributed by atoms with Crippen LogP contribution in [0.1, 0.15) is 10.6 Å². The summed E-state index contributed by atoms with van der Waals surface area (Å²) in [5.74, 6) is -1.14. The highest BCUT2D eigenvalue weighted by Crippen LogP contribution is 2.11. The normalized spacial score (nSPS) is 9.74. The van der Waals surface area contributed by atoms with Gasteiger partial charge in [-0.1, -0.05) is 12.1 Å².